The minimum Gasteiger partial charge on any atom is -0.461 e. The number of carbonyl (C=O) groups is 1. The number of benzene rings is 1. The van der Waals surface area contributed by atoms with E-state index in [1.807, 2.05) is 45.9 Å². The molecule has 4 rings (SSSR count). The Hall–Kier alpha value is -2.71. The Bertz CT molecular complexity index is 1060. The Labute approximate surface area is 169 Å². The minimum absolute atomic E-state index is 0.213. The van der Waals surface area contributed by atoms with Gasteiger partial charge in [0.15, 0.2) is 5.58 Å². The van der Waals surface area contributed by atoms with E-state index in [0.29, 0.717) is 22.6 Å². The summed E-state index contributed by atoms with van der Waals surface area (Å²) in [6.45, 7) is 10.1. The number of hydrogen-bond donors (Lipinski definition) is 0. The lowest BCUT2D eigenvalue weighted by Gasteiger charge is -2.32. The van der Waals surface area contributed by atoms with Gasteiger partial charge in [-0.25, -0.2) is 14.8 Å². The molecule has 2 aromatic heterocycles. The van der Waals surface area contributed by atoms with Crippen LogP contribution in [0, 0.1) is 0 Å². The number of rotatable bonds is 4. The average molecular weight is 394 g/mol. The number of ether oxygens (including phenoxy) is 1. The van der Waals surface area contributed by atoms with E-state index < -0.39 is 24.3 Å². The van der Waals surface area contributed by atoms with Crippen LogP contribution in [-0.2, 0) is 14.0 Å². The molecule has 0 radical (unpaired) electrons. The molecule has 0 N–H and O–H groups in total. The summed E-state index contributed by atoms with van der Waals surface area (Å²) in [7, 11) is -0.471. The maximum Gasteiger partial charge on any atom is 0.494 e. The molecule has 0 amide bonds. The second-order valence-corrected chi connectivity index (χ2v) is 7.98. The van der Waals surface area contributed by atoms with Crippen molar-refractivity contribution in [3.05, 3.63) is 42.2 Å². The van der Waals surface area contributed by atoms with Gasteiger partial charge < -0.3 is 18.5 Å². The van der Waals surface area contributed by atoms with Crippen LogP contribution < -0.4 is 5.46 Å². The van der Waals surface area contributed by atoms with Crippen LogP contribution in [0.25, 0.3) is 22.6 Å². The maximum atomic E-state index is 11.9. The van der Waals surface area contributed by atoms with Crippen molar-refractivity contribution in [2.45, 2.75) is 45.8 Å². The molecule has 7 nitrogen and oxygen atoms in total. The number of esters is 1. The maximum absolute atomic E-state index is 11.9. The van der Waals surface area contributed by atoms with Gasteiger partial charge in [0.2, 0.25) is 5.89 Å². The number of nitrogens with zero attached hydrogens (tertiary/aromatic N) is 2. The number of fused-ring (bicyclic) bond motifs is 1. The highest BCUT2D eigenvalue weighted by Crippen LogP contribution is 2.36. The number of oxazole rings is 1. The molecule has 3 aromatic rings. The molecule has 1 aromatic carbocycles. The molecule has 1 fully saturated rings. The fraction of sp³-hybridized carbons (Fsp3) is 0.381. The summed E-state index contributed by atoms with van der Waals surface area (Å²) in [6.07, 6.45) is 1.53. The van der Waals surface area contributed by atoms with Crippen LogP contribution in [0.4, 0.5) is 0 Å². The van der Waals surface area contributed by atoms with E-state index in [1.165, 1.54) is 6.20 Å². The van der Waals surface area contributed by atoms with Gasteiger partial charge in [0.1, 0.15) is 11.2 Å². The zero-order valence-corrected chi connectivity index (χ0v) is 17.2. The van der Waals surface area contributed by atoms with Crippen LogP contribution in [0.2, 0.25) is 0 Å². The molecular formula is C21H23BN2O5. The molecule has 1 aliphatic heterocycles. The van der Waals surface area contributed by atoms with Gasteiger partial charge in [-0.15, -0.1) is 0 Å². The van der Waals surface area contributed by atoms with Crippen LogP contribution in [-0.4, -0.2) is 40.9 Å². The predicted octanol–water partition coefficient (Wildman–Crippen LogP) is 3.37. The number of aromatic nitrogens is 2. The highest BCUT2D eigenvalue weighted by molar-refractivity contribution is 6.62. The highest BCUT2D eigenvalue weighted by atomic mass is 16.7. The van der Waals surface area contributed by atoms with Gasteiger partial charge in [-0.3, -0.25) is 0 Å². The summed E-state index contributed by atoms with van der Waals surface area (Å²) in [5, 5.41) is 0. The molecular weight excluding hydrogens is 371 g/mol. The SMILES string of the molecule is CCOC(=O)c1cc(-c2nc3cc(B4OC(C)(C)C(C)(C)O4)ccc3o2)ccn1. The summed E-state index contributed by atoms with van der Waals surface area (Å²) in [6, 6.07) is 9.01. The standard InChI is InChI=1S/C21H23BN2O5/c1-6-26-19(25)16-11-13(9-10-23-16)18-24-15-12-14(7-8-17(15)27-18)22-28-20(2,3)21(4,5)29-22/h7-12H,6H2,1-5H3. The van der Waals surface area contributed by atoms with E-state index in [2.05, 4.69) is 9.97 Å². The molecule has 1 aliphatic rings. The van der Waals surface area contributed by atoms with Gasteiger partial charge >= 0.3 is 13.1 Å². The molecule has 0 saturated carbocycles. The van der Waals surface area contributed by atoms with Crippen LogP contribution in [0.5, 0.6) is 0 Å². The van der Waals surface area contributed by atoms with Crippen molar-refractivity contribution in [3.63, 3.8) is 0 Å². The van der Waals surface area contributed by atoms with E-state index in [1.54, 1.807) is 19.1 Å². The first-order valence-electron chi connectivity index (χ1n) is 9.60. The Balaban J connectivity index is 1.65. The molecule has 150 valence electrons. The Kier molecular flexibility index (Phi) is 4.71. The lowest BCUT2D eigenvalue weighted by molar-refractivity contribution is 0.00578. The van der Waals surface area contributed by atoms with Crippen molar-refractivity contribution in [1.82, 2.24) is 9.97 Å². The summed E-state index contributed by atoms with van der Waals surface area (Å²) in [4.78, 5) is 20.6. The Morgan fingerprint density at radius 3 is 2.52 bits per heavy atom. The van der Waals surface area contributed by atoms with Gasteiger partial charge in [-0.1, -0.05) is 6.07 Å². The topological polar surface area (TPSA) is 83.7 Å². The molecule has 0 aliphatic carbocycles. The molecule has 29 heavy (non-hydrogen) atoms. The van der Waals surface area contributed by atoms with Gasteiger partial charge in [0.25, 0.3) is 0 Å². The van der Waals surface area contributed by atoms with E-state index in [-0.39, 0.29) is 12.3 Å². The molecule has 3 heterocycles. The van der Waals surface area contributed by atoms with Crippen molar-refractivity contribution in [1.29, 1.82) is 0 Å². The Morgan fingerprint density at radius 1 is 1.10 bits per heavy atom. The third-order valence-corrected chi connectivity index (χ3v) is 5.43. The molecule has 0 atom stereocenters. The van der Waals surface area contributed by atoms with Gasteiger partial charge in [-0.05, 0) is 64.3 Å². The van der Waals surface area contributed by atoms with Crippen LogP contribution >= 0.6 is 0 Å². The predicted molar refractivity (Wildman–Crippen MR) is 109 cm³/mol. The molecule has 8 heteroatoms. The average Bonchev–Trinajstić information content (AvgIpc) is 3.19. The summed E-state index contributed by atoms with van der Waals surface area (Å²) in [5.74, 6) is -0.0764. The van der Waals surface area contributed by atoms with Crippen molar-refractivity contribution in [2.24, 2.45) is 0 Å². The highest BCUT2D eigenvalue weighted by Gasteiger charge is 2.51. The van der Waals surface area contributed by atoms with Gasteiger partial charge in [0, 0.05) is 11.8 Å². The second-order valence-electron chi connectivity index (χ2n) is 7.98. The van der Waals surface area contributed by atoms with E-state index in [9.17, 15) is 4.79 Å². The summed E-state index contributed by atoms with van der Waals surface area (Å²) < 4.78 is 23.1. The normalized spacial score (nSPS) is 17.6. The fourth-order valence-electron chi connectivity index (χ4n) is 3.07. The zero-order chi connectivity index (χ0) is 20.8. The quantitative estimate of drug-likeness (QED) is 0.496. The third-order valence-electron chi connectivity index (χ3n) is 5.43. The summed E-state index contributed by atoms with van der Waals surface area (Å²) in [5.41, 5.74) is 2.22. The lowest BCUT2D eigenvalue weighted by Crippen LogP contribution is -2.41. The first-order chi connectivity index (χ1) is 13.7. The number of pyridine rings is 1. The third kappa shape index (κ3) is 3.54. The first-order valence-corrected chi connectivity index (χ1v) is 9.60. The second kappa shape index (κ2) is 6.97. The zero-order valence-electron chi connectivity index (χ0n) is 17.2. The van der Waals surface area contributed by atoms with Crippen molar-refractivity contribution in [2.75, 3.05) is 6.61 Å². The fourth-order valence-corrected chi connectivity index (χ4v) is 3.07. The van der Waals surface area contributed by atoms with Crippen LogP contribution in [0.15, 0.2) is 40.9 Å². The van der Waals surface area contributed by atoms with Crippen LogP contribution in [0.3, 0.4) is 0 Å². The van der Waals surface area contributed by atoms with E-state index in [4.69, 9.17) is 18.5 Å². The number of hydrogen-bond acceptors (Lipinski definition) is 7. The van der Waals surface area contributed by atoms with Gasteiger partial charge in [-0.2, -0.15) is 0 Å². The van der Waals surface area contributed by atoms with Crippen molar-refractivity contribution in [3.8, 4) is 11.5 Å². The summed E-state index contributed by atoms with van der Waals surface area (Å²) >= 11 is 0. The lowest BCUT2D eigenvalue weighted by atomic mass is 9.79. The van der Waals surface area contributed by atoms with E-state index >= 15 is 0 Å². The van der Waals surface area contributed by atoms with E-state index in [0.717, 1.165) is 5.46 Å². The van der Waals surface area contributed by atoms with Gasteiger partial charge in [0.05, 0.1) is 17.8 Å². The smallest absolute Gasteiger partial charge is 0.461 e. The molecule has 0 bridgehead atoms. The first kappa shape index (κ1) is 19.6. The van der Waals surface area contributed by atoms with Crippen LogP contribution in [0.1, 0.15) is 45.1 Å². The molecule has 0 unspecified atom stereocenters. The Morgan fingerprint density at radius 2 is 1.83 bits per heavy atom. The largest absolute Gasteiger partial charge is 0.494 e. The van der Waals surface area contributed by atoms with Crippen molar-refractivity contribution >= 4 is 29.7 Å². The number of carbonyl (C=O) groups excluding carboxylic acids is 1. The minimum atomic E-state index is -0.478. The van der Waals surface area contributed by atoms with Crippen molar-refractivity contribution < 1.29 is 23.3 Å². The molecule has 0 spiro atoms. The monoisotopic (exact) mass is 394 g/mol. The molecule has 1 saturated heterocycles.